The molecule has 0 N–H and O–H groups in total. The number of carbonyl (C=O) groups excluding carboxylic acids is 1. The van der Waals surface area contributed by atoms with E-state index in [0.717, 1.165) is 12.0 Å². The highest BCUT2D eigenvalue weighted by Gasteiger charge is 2.20. The van der Waals surface area contributed by atoms with E-state index < -0.39 is 0 Å². The second kappa shape index (κ2) is 4.80. The summed E-state index contributed by atoms with van der Waals surface area (Å²) >= 11 is 0. The fourth-order valence-corrected chi connectivity index (χ4v) is 2.06. The van der Waals surface area contributed by atoms with E-state index in [9.17, 15) is 9.18 Å². The van der Waals surface area contributed by atoms with Gasteiger partial charge in [-0.05, 0) is 37.0 Å². The zero-order chi connectivity index (χ0) is 14.2. The largest absolute Gasteiger partial charge is 0.453 e. The number of Topliss-reactive ketones (excluding diaryl/α,β-unsaturated/α-hetero) is 1. The van der Waals surface area contributed by atoms with Crippen LogP contribution in [0.3, 0.4) is 0 Å². The van der Waals surface area contributed by atoms with E-state index in [1.807, 2.05) is 0 Å². The molecular weight excluding hydrogens is 243 g/mol. The molecule has 1 aromatic heterocycles. The zero-order valence-corrected chi connectivity index (χ0v) is 11.8. The van der Waals surface area contributed by atoms with Crippen LogP contribution in [0, 0.1) is 18.2 Å². The first-order valence-corrected chi connectivity index (χ1v) is 6.50. The fraction of sp³-hybridized carbons (Fsp3) is 0.438. The summed E-state index contributed by atoms with van der Waals surface area (Å²) in [5, 5.41) is 0.680. The van der Waals surface area contributed by atoms with Crippen LogP contribution in [0.4, 0.5) is 4.39 Å². The smallest absolute Gasteiger partial charge is 0.198 e. The number of aryl methyl sites for hydroxylation is 1. The summed E-state index contributed by atoms with van der Waals surface area (Å²) in [5.74, 6) is 0.0407. The van der Waals surface area contributed by atoms with Gasteiger partial charge in [-0.3, -0.25) is 4.79 Å². The Morgan fingerprint density at radius 3 is 2.63 bits per heavy atom. The van der Waals surface area contributed by atoms with Gasteiger partial charge in [0.25, 0.3) is 0 Å². The van der Waals surface area contributed by atoms with Crippen LogP contribution in [-0.2, 0) is 0 Å². The molecule has 0 fully saturated rings. The van der Waals surface area contributed by atoms with E-state index in [2.05, 4.69) is 20.8 Å². The summed E-state index contributed by atoms with van der Waals surface area (Å²) in [4.78, 5) is 12.2. The third kappa shape index (κ3) is 3.03. The van der Waals surface area contributed by atoms with Crippen LogP contribution in [0.15, 0.2) is 22.6 Å². The Hall–Kier alpha value is -1.64. The lowest BCUT2D eigenvalue weighted by molar-refractivity contribution is 0.0940. The summed E-state index contributed by atoms with van der Waals surface area (Å²) in [6.45, 7) is 8.10. The van der Waals surface area contributed by atoms with Crippen molar-refractivity contribution in [3.05, 3.63) is 35.3 Å². The molecule has 0 amide bonds. The average molecular weight is 262 g/mol. The number of hydrogen-bond acceptors (Lipinski definition) is 2. The first kappa shape index (κ1) is 13.8. The fourth-order valence-electron chi connectivity index (χ4n) is 2.06. The summed E-state index contributed by atoms with van der Waals surface area (Å²) in [5.41, 5.74) is 1.41. The highest BCUT2D eigenvalue weighted by Crippen LogP contribution is 2.28. The molecule has 102 valence electrons. The molecule has 1 heterocycles. The van der Waals surface area contributed by atoms with Crippen molar-refractivity contribution in [2.45, 2.75) is 40.5 Å². The maximum atomic E-state index is 13.2. The van der Waals surface area contributed by atoms with Crippen molar-refractivity contribution < 1.29 is 13.6 Å². The SMILES string of the molecule is Cc1c(C(=O)CCC(C)(C)C)oc2ccc(F)cc12. The van der Waals surface area contributed by atoms with E-state index in [-0.39, 0.29) is 17.0 Å². The number of rotatable bonds is 3. The van der Waals surface area contributed by atoms with Gasteiger partial charge in [0.2, 0.25) is 0 Å². The van der Waals surface area contributed by atoms with Gasteiger partial charge in [-0.1, -0.05) is 20.8 Å². The number of benzene rings is 1. The number of furan rings is 1. The van der Waals surface area contributed by atoms with E-state index in [1.54, 1.807) is 13.0 Å². The molecular formula is C16H19FO2. The molecule has 0 unspecified atom stereocenters. The van der Waals surface area contributed by atoms with E-state index in [0.29, 0.717) is 23.2 Å². The molecule has 0 radical (unpaired) electrons. The molecule has 2 aromatic rings. The number of ketones is 1. The second-order valence-corrected chi connectivity index (χ2v) is 6.18. The summed E-state index contributed by atoms with van der Waals surface area (Å²) in [7, 11) is 0. The number of halogens is 1. The third-order valence-corrected chi connectivity index (χ3v) is 3.25. The molecule has 2 rings (SSSR count). The Kier molecular flexibility index (Phi) is 3.48. The van der Waals surface area contributed by atoms with E-state index >= 15 is 0 Å². The maximum Gasteiger partial charge on any atom is 0.198 e. The predicted octanol–water partition coefficient (Wildman–Crippen LogP) is 4.89. The Balaban J connectivity index is 2.30. The number of fused-ring (bicyclic) bond motifs is 1. The maximum absolute atomic E-state index is 13.2. The summed E-state index contributed by atoms with van der Waals surface area (Å²) in [6, 6.07) is 4.32. The average Bonchev–Trinajstić information content (AvgIpc) is 2.63. The molecule has 0 spiro atoms. The molecule has 3 heteroatoms. The molecule has 19 heavy (non-hydrogen) atoms. The predicted molar refractivity (Wildman–Crippen MR) is 73.9 cm³/mol. The van der Waals surface area contributed by atoms with Crippen molar-refractivity contribution in [3.63, 3.8) is 0 Å². The van der Waals surface area contributed by atoms with Gasteiger partial charge in [0.05, 0.1) is 0 Å². The Morgan fingerprint density at radius 1 is 1.32 bits per heavy atom. The summed E-state index contributed by atoms with van der Waals surface area (Å²) < 4.78 is 18.8. The normalized spacial score (nSPS) is 12.1. The minimum Gasteiger partial charge on any atom is -0.453 e. The molecule has 0 bridgehead atoms. The lowest BCUT2D eigenvalue weighted by Gasteiger charge is -2.16. The molecule has 0 aliphatic rings. The Bertz CT molecular complexity index is 617. The third-order valence-electron chi connectivity index (χ3n) is 3.25. The van der Waals surface area contributed by atoms with Crippen LogP contribution < -0.4 is 0 Å². The van der Waals surface area contributed by atoms with Gasteiger partial charge < -0.3 is 4.42 Å². The van der Waals surface area contributed by atoms with Crippen LogP contribution in [0.1, 0.15) is 49.7 Å². The van der Waals surface area contributed by atoms with Crippen LogP contribution >= 0.6 is 0 Å². The van der Waals surface area contributed by atoms with Gasteiger partial charge in [-0.2, -0.15) is 0 Å². The van der Waals surface area contributed by atoms with Crippen molar-refractivity contribution in [2.24, 2.45) is 5.41 Å². The molecule has 1 aromatic carbocycles. The van der Waals surface area contributed by atoms with Gasteiger partial charge in [-0.25, -0.2) is 4.39 Å². The highest BCUT2D eigenvalue weighted by atomic mass is 19.1. The topological polar surface area (TPSA) is 30.2 Å². The van der Waals surface area contributed by atoms with Gasteiger partial charge >= 0.3 is 0 Å². The van der Waals surface area contributed by atoms with Crippen molar-refractivity contribution in [3.8, 4) is 0 Å². The second-order valence-electron chi connectivity index (χ2n) is 6.18. The van der Waals surface area contributed by atoms with Crippen LogP contribution in [0.25, 0.3) is 11.0 Å². The monoisotopic (exact) mass is 262 g/mol. The number of carbonyl (C=O) groups is 1. The zero-order valence-electron chi connectivity index (χ0n) is 11.8. The Morgan fingerprint density at radius 2 is 2.00 bits per heavy atom. The number of hydrogen-bond donors (Lipinski definition) is 0. The molecule has 0 aliphatic carbocycles. The first-order chi connectivity index (χ1) is 8.78. The first-order valence-electron chi connectivity index (χ1n) is 6.50. The molecule has 2 nitrogen and oxygen atoms in total. The van der Waals surface area contributed by atoms with Gasteiger partial charge in [0.15, 0.2) is 11.5 Å². The van der Waals surface area contributed by atoms with Crippen molar-refractivity contribution in [1.29, 1.82) is 0 Å². The van der Waals surface area contributed by atoms with E-state index in [4.69, 9.17) is 4.42 Å². The quantitative estimate of drug-likeness (QED) is 0.737. The lowest BCUT2D eigenvalue weighted by Crippen LogP contribution is -2.09. The lowest BCUT2D eigenvalue weighted by atomic mass is 9.89. The van der Waals surface area contributed by atoms with Crippen LogP contribution in [-0.4, -0.2) is 5.78 Å². The van der Waals surface area contributed by atoms with Gasteiger partial charge in [-0.15, -0.1) is 0 Å². The summed E-state index contributed by atoms with van der Waals surface area (Å²) in [6.07, 6.45) is 1.25. The molecule has 0 saturated heterocycles. The highest BCUT2D eigenvalue weighted by molar-refractivity contribution is 6.00. The molecule has 0 aliphatic heterocycles. The molecule has 0 saturated carbocycles. The van der Waals surface area contributed by atoms with Crippen molar-refractivity contribution in [2.75, 3.05) is 0 Å². The van der Waals surface area contributed by atoms with Crippen LogP contribution in [0.5, 0.6) is 0 Å². The van der Waals surface area contributed by atoms with Gasteiger partial charge in [0, 0.05) is 17.4 Å². The van der Waals surface area contributed by atoms with Crippen molar-refractivity contribution >= 4 is 16.8 Å². The minimum absolute atomic E-state index is 0.0102. The molecule has 0 atom stereocenters. The Labute approximate surface area is 112 Å². The van der Waals surface area contributed by atoms with Crippen LogP contribution in [0.2, 0.25) is 0 Å². The minimum atomic E-state index is -0.315. The van der Waals surface area contributed by atoms with Crippen molar-refractivity contribution in [1.82, 2.24) is 0 Å². The standard InChI is InChI=1S/C16H19FO2/c1-10-12-9-11(17)5-6-14(12)19-15(10)13(18)7-8-16(2,3)4/h5-6,9H,7-8H2,1-4H3. The van der Waals surface area contributed by atoms with Gasteiger partial charge in [0.1, 0.15) is 11.4 Å². The van der Waals surface area contributed by atoms with E-state index in [1.165, 1.54) is 12.1 Å².